The molecule has 2 rings (SSSR count). The van der Waals surface area contributed by atoms with E-state index in [2.05, 4.69) is 26.1 Å². The van der Waals surface area contributed by atoms with E-state index in [9.17, 15) is 4.79 Å². The molecule has 0 aliphatic heterocycles. The third-order valence-electron chi connectivity index (χ3n) is 1.71. The summed E-state index contributed by atoms with van der Waals surface area (Å²) in [5.74, 6) is -0.0342. The smallest absolute Gasteiger partial charge is 0.196 e. The van der Waals surface area contributed by atoms with Gasteiger partial charge in [-0.1, -0.05) is 0 Å². The van der Waals surface area contributed by atoms with Gasteiger partial charge in [-0.3, -0.25) is 4.79 Å². The molecule has 0 N–H and O–H groups in total. The number of halogens is 1. The number of nitrogens with zero attached hydrogens (tertiary/aromatic N) is 2. The molecule has 3 nitrogen and oxygen atoms in total. The van der Waals surface area contributed by atoms with Crippen molar-refractivity contribution in [2.24, 2.45) is 0 Å². The molecule has 0 amide bonds. The van der Waals surface area contributed by atoms with Crippen LogP contribution in [-0.2, 0) is 0 Å². The predicted octanol–water partition coefficient (Wildman–Crippen LogP) is 2.53. The molecule has 2 aromatic rings. The van der Waals surface area contributed by atoms with Crippen LogP contribution in [-0.4, -0.2) is 16.0 Å². The van der Waals surface area contributed by atoms with Gasteiger partial charge in [-0.05, 0) is 22.0 Å². The van der Waals surface area contributed by atoms with Crippen molar-refractivity contribution < 1.29 is 4.79 Å². The van der Waals surface area contributed by atoms with Gasteiger partial charge in [0.2, 0.25) is 0 Å². The van der Waals surface area contributed by atoms with Gasteiger partial charge in [0.25, 0.3) is 0 Å². The molecule has 0 bridgehead atoms. The Morgan fingerprint density at radius 1 is 1.36 bits per heavy atom. The fourth-order valence-electron chi connectivity index (χ4n) is 1.02. The highest BCUT2D eigenvalue weighted by molar-refractivity contribution is 9.10. The highest BCUT2D eigenvalue weighted by Crippen LogP contribution is 2.23. The van der Waals surface area contributed by atoms with Gasteiger partial charge in [0, 0.05) is 26.4 Å². The first-order chi connectivity index (χ1) is 6.79. The summed E-state index contributed by atoms with van der Waals surface area (Å²) in [5.41, 5.74) is 1.22. The van der Waals surface area contributed by atoms with E-state index in [0.717, 1.165) is 4.47 Å². The molecule has 0 aliphatic rings. The van der Waals surface area contributed by atoms with Crippen LogP contribution in [0.25, 0.3) is 0 Å². The van der Waals surface area contributed by atoms with Crippen LogP contribution in [0, 0.1) is 0 Å². The van der Waals surface area contributed by atoms with Crippen molar-refractivity contribution in [1.29, 1.82) is 0 Å². The second-order valence-corrected chi connectivity index (χ2v) is 4.19. The number of hydrogen-bond acceptors (Lipinski definition) is 4. The number of carbonyl (C=O) groups is 1. The molecule has 0 saturated heterocycles. The maximum atomic E-state index is 11.8. The van der Waals surface area contributed by atoms with E-state index >= 15 is 0 Å². The summed E-state index contributed by atoms with van der Waals surface area (Å²) in [7, 11) is 0. The third-order valence-corrected chi connectivity index (χ3v) is 3.41. The van der Waals surface area contributed by atoms with E-state index in [0.29, 0.717) is 11.1 Å². The number of thiophene rings is 1. The fourth-order valence-corrected chi connectivity index (χ4v) is 2.48. The van der Waals surface area contributed by atoms with Crippen LogP contribution in [0.1, 0.15) is 15.9 Å². The first-order valence-electron chi connectivity index (χ1n) is 3.82. The van der Waals surface area contributed by atoms with Crippen LogP contribution in [0.15, 0.2) is 33.7 Å². The average Bonchev–Trinajstić information content (AvgIpc) is 2.65. The Bertz CT molecular complexity index is 455. The van der Waals surface area contributed by atoms with E-state index < -0.39 is 0 Å². The van der Waals surface area contributed by atoms with Crippen molar-refractivity contribution in [3.05, 3.63) is 44.8 Å². The summed E-state index contributed by atoms with van der Waals surface area (Å²) < 4.78 is 0.823. The molecule has 0 atom stereocenters. The van der Waals surface area contributed by atoms with Gasteiger partial charge < -0.3 is 0 Å². The lowest BCUT2D eigenvalue weighted by Crippen LogP contribution is -2.01. The molecule has 0 radical (unpaired) electrons. The van der Waals surface area contributed by atoms with Gasteiger partial charge in [-0.2, -0.15) is 21.5 Å². The molecule has 2 heterocycles. The second-order valence-electron chi connectivity index (χ2n) is 2.59. The first kappa shape index (κ1) is 9.48. The molecule has 0 spiro atoms. The quantitative estimate of drug-likeness (QED) is 0.787. The molecule has 0 aromatic carbocycles. The first-order valence-corrected chi connectivity index (χ1v) is 5.55. The number of hydrogen-bond donors (Lipinski definition) is 0. The lowest BCUT2D eigenvalue weighted by atomic mass is 10.1. The predicted molar refractivity (Wildman–Crippen MR) is 57.5 cm³/mol. The fraction of sp³-hybridized carbons (Fsp3) is 0. The molecule has 14 heavy (non-hydrogen) atoms. The molecular weight excluding hydrogens is 264 g/mol. The molecule has 0 fully saturated rings. The summed E-state index contributed by atoms with van der Waals surface area (Å²) in [4.78, 5) is 11.8. The Hall–Kier alpha value is -1.07. The maximum absolute atomic E-state index is 11.8. The standard InChI is InChI=1S/C9H5BrN2OS/c10-8-5-14-4-7(8)9(13)6-1-2-11-12-3-6/h1-5H. The zero-order valence-corrected chi connectivity index (χ0v) is 9.38. The minimum absolute atomic E-state index is 0.0342. The average molecular weight is 269 g/mol. The van der Waals surface area contributed by atoms with Gasteiger partial charge >= 0.3 is 0 Å². The van der Waals surface area contributed by atoms with Crippen LogP contribution in [0.2, 0.25) is 0 Å². The summed E-state index contributed by atoms with van der Waals surface area (Å²) in [6.07, 6.45) is 2.97. The highest BCUT2D eigenvalue weighted by Gasteiger charge is 2.12. The number of rotatable bonds is 2. The van der Waals surface area contributed by atoms with Crippen molar-refractivity contribution in [3.63, 3.8) is 0 Å². The maximum Gasteiger partial charge on any atom is 0.196 e. The largest absolute Gasteiger partial charge is 0.288 e. The molecule has 5 heteroatoms. The monoisotopic (exact) mass is 268 g/mol. The summed E-state index contributed by atoms with van der Waals surface area (Å²) in [6.45, 7) is 0. The molecule has 0 unspecified atom stereocenters. The van der Waals surface area contributed by atoms with Gasteiger partial charge in [0.05, 0.1) is 12.4 Å². The summed E-state index contributed by atoms with van der Waals surface area (Å²) >= 11 is 4.80. The minimum atomic E-state index is -0.0342. The van der Waals surface area contributed by atoms with Crippen LogP contribution < -0.4 is 0 Å². The molecular formula is C9H5BrN2OS. The van der Waals surface area contributed by atoms with E-state index in [-0.39, 0.29) is 5.78 Å². The van der Waals surface area contributed by atoms with Gasteiger partial charge in [0.15, 0.2) is 5.78 Å². The lowest BCUT2D eigenvalue weighted by Gasteiger charge is -1.96. The van der Waals surface area contributed by atoms with E-state index in [1.54, 1.807) is 6.07 Å². The topological polar surface area (TPSA) is 42.9 Å². The van der Waals surface area contributed by atoms with Gasteiger partial charge in [-0.15, -0.1) is 0 Å². The highest BCUT2D eigenvalue weighted by atomic mass is 79.9. The lowest BCUT2D eigenvalue weighted by molar-refractivity contribution is 0.103. The van der Waals surface area contributed by atoms with Crippen molar-refractivity contribution in [1.82, 2.24) is 10.2 Å². The van der Waals surface area contributed by atoms with E-state index in [1.807, 2.05) is 10.8 Å². The molecule has 0 aliphatic carbocycles. The number of aromatic nitrogens is 2. The molecule has 2 aromatic heterocycles. The number of ketones is 1. The minimum Gasteiger partial charge on any atom is -0.288 e. The molecule has 0 saturated carbocycles. The normalized spacial score (nSPS) is 10.1. The SMILES string of the molecule is O=C(c1ccnnc1)c1cscc1Br. The summed E-state index contributed by atoms with van der Waals surface area (Å²) in [6, 6.07) is 1.65. The van der Waals surface area contributed by atoms with Crippen molar-refractivity contribution in [3.8, 4) is 0 Å². The van der Waals surface area contributed by atoms with Gasteiger partial charge in [0.1, 0.15) is 0 Å². The Balaban J connectivity index is 2.39. The Morgan fingerprint density at radius 3 is 2.79 bits per heavy atom. The van der Waals surface area contributed by atoms with Crippen LogP contribution in [0.5, 0.6) is 0 Å². The zero-order chi connectivity index (χ0) is 9.97. The number of carbonyl (C=O) groups excluding carboxylic acids is 1. The second kappa shape index (κ2) is 3.98. The third kappa shape index (κ3) is 1.73. The van der Waals surface area contributed by atoms with Crippen LogP contribution in [0.3, 0.4) is 0 Å². The van der Waals surface area contributed by atoms with E-state index in [4.69, 9.17) is 0 Å². The van der Waals surface area contributed by atoms with Gasteiger partial charge in [-0.25, -0.2) is 0 Å². The van der Waals surface area contributed by atoms with Crippen molar-refractivity contribution in [2.45, 2.75) is 0 Å². The Morgan fingerprint density at radius 2 is 2.21 bits per heavy atom. The molecule has 70 valence electrons. The van der Waals surface area contributed by atoms with Crippen molar-refractivity contribution in [2.75, 3.05) is 0 Å². The van der Waals surface area contributed by atoms with Crippen LogP contribution >= 0.6 is 27.3 Å². The van der Waals surface area contributed by atoms with Crippen molar-refractivity contribution >= 4 is 33.0 Å². The van der Waals surface area contributed by atoms with E-state index in [1.165, 1.54) is 23.7 Å². The zero-order valence-electron chi connectivity index (χ0n) is 6.98. The Labute approximate surface area is 92.9 Å². The van der Waals surface area contributed by atoms with Crippen LogP contribution in [0.4, 0.5) is 0 Å². The summed E-state index contributed by atoms with van der Waals surface area (Å²) in [5, 5.41) is 11.0. The Kier molecular flexibility index (Phi) is 2.69.